The Bertz CT molecular complexity index is 370. The largest absolute Gasteiger partial charge is 0.368 e. The lowest BCUT2D eigenvalue weighted by Crippen LogP contribution is -2.17. The van der Waals surface area contributed by atoms with Gasteiger partial charge in [-0.05, 0) is 31.3 Å². The number of nitrogen functional groups attached to an aromatic ring is 1. The van der Waals surface area contributed by atoms with Gasteiger partial charge in [-0.2, -0.15) is 11.8 Å². The maximum absolute atomic E-state index is 5.78. The van der Waals surface area contributed by atoms with Crippen LogP contribution in [0.15, 0.2) is 0 Å². The molecule has 78 valence electrons. The molecule has 14 heavy (non-hydrogen) atoms. The number of nitrogens with one attached hydrogen (secondary N) is 1. The minimum atomic E-state index is 0.427. The zero-order valence-electron chi connectivity index (χ0n) is 8.06. The van der Waals surface area contributed by atoms with Crippen LogP contribution in [0.25, 0.3) is 0 Å². The van der Waals surface area contributed by atoms with E-state index in [0.717, 1.165) is 6.42 Å². The number of rotatable bonds is 2. The summed E-state index contributed by atoms with van der Waals surface area (Å²) >= 11 is 7.06. The van der Waals surface area contributed by atoms with Crippen molar-refractivity contribution in [2.24, 2.45) is 0 Å². The number of H-pyrrole nitrogens is 1. The predicted octanol–water partition coefficient (Wildman–Crippen LogP) is 1.98. The van der Waals surface area contributed by atoms with Crippen LogP contribution in [0.5, 0.6) is 0 Å². The molecule has 1 aliphatic carbocycles. The summed E-state index contributed by atoms with van der Waals surface area (Å²) < 4.78 is 2.61. The van der Waals surface area contributed by atoms with Gasteiger partial charge in [0.15, 0.2) is 4.77 Å². The zero-order valence-corrected chi connectivity index (χ0v) is 9.70. The first-order valence-electron chi connectivity index (χ1n) is 4.69. The van der Waals surface area contributed by atoms with E-state index in [2.05, 4.69) is 16.5 Å². The number of hydrogen-bond donors (Lipinski definition) is 2. The molecular formula is C8H14N4S2. The summed E-state index contributed by atoms with van der Waals surface area (Å²) in [5.74, 6) is 0.515. The van der Waals surface area contributed by atoms with Gasteiger partial charge in [-0.15, -0.1) is 5.10 Å². The summed E-state index contributed by atoms with van der Waals surface area (Å²) in [7, 11) is 0. The van der Waals surface area contributed by atoms with Gasteiger partial charge in [0.05, 0.1) is 6.04 Å². The third-order valence-corrected chi connectivity index (χ3v) is 4.23. The molecule has 0 aliphatic heterocycles. The summed E-state index contributed by atoms with van der Waals surface area (Å²) in [5.41, 5.74) is 5.78. The second-order valence-electron chi connectivity index (χ2n) is 3.53. The normalized spacial score (nSPS) is 26.9. The number of anilines is 1. The molecule has 1 saturated carbocycles. The third-order valence-electron chi connectivity index (χ3n) is 2.78. The standard InChI is InChI=1S/C8H14N4S2/c1-14-6-4-2-3-5(6)12-7(9)10-11-8(12)13/h5-6H,2-4H2,1H3,(H2,9,10)(H,11,13). The highest BCUT2D eigenvalue weighted by atomic mass is 32.2. The van der Waals surface area contributed by atoms with Gasteiger partial charge in [-0.1, -0.05) is 6.42 Å². The highest BCUT2D eigenvalue weighted by molar-refractivity contribution is 7.99. The van der Waals surface area contributed by atoms with Crippen molar-refractivity contribution in [3.8, 4) is 0 Å². The van der Waals surface area contributed by atoms with Crippen LogP contribution in [0.4, 0.5) is 5.95 Å². The molecule has 0 spiro atoms. The molecule has 2 atom stereocenters. The molecular weight excluding hydrogens is 216 g/mol. The summed E-state index contributed by atoms with van der Waals surface area (Å²) in [4.78, 5) is 0. The van der Waals surface area contributed by atoms with Gasteiger partial charge in [0.1, 0.15) is 0 Å². The van der Waals surface area contributed by atoms with E-state index in [9.17, 15) is 0 Å². The van der Waals surface area contributed by atoms with Crippen LogP contribution in [-0.2, 0) is 0 Å². The molecule has 1 aromatic heterocycles. The quantitative estimate of drug-likeness (QED) is 0.763. The Morgan fingerprint density at radius 2 is 2.43 bits per heavy atom. The Balaban J connectivity index is 2.34. The molecule has 1 aromatic rings. The highest BCUT2D eigenvalue weighted by Crippen LogP contribution is 2.38. The SMILES string of the molecule is CSC1CCCC1n1c(N)n[nH]c1=S. The first kappa shape index (κ1) is 10.0. The smallest absolute Gasteiger partial charge is 0.220 e. The van der Waals surface area contributed by atoms with Crippen molar-refractivity contribution in [3.63, 3.8) is 0 Å². The van der Waals surface area contributed by atoms with Crippen LogP contribution in [0, 0.1) is 4.77 Å². The lowest BCUT2D eigenvalue weighted by Gasteiger charge is -2.19. The van der Waals surface area contributed by atoms with Gasteiger partial charge in [0, 0.05) is 5.25 Å². The minimum absolute atomic E-state index is 0.427. The van der Waals surface area contributed by atoms with Crippen molar-refractivity contribution in [2.45, 2.75) is 30.6 Å². The van der Waals surface area contributed by atoms with Crippen LogP contribution in [0.2, 0.25) is 0 Å². The molecule has 1 heterocycles. The summed E-state index contributed by atoms with van der Waals surface area (Å²) in [5, 5.41) is 7.31. The topological polar surface area (TPSA) is 59.6 Å². The van der Waals surface area contributed by atoms with Gasteiger partial charge >= 0.3 is 0 Å². The Hall–Kier alpha value is -0.490. The molecule has 4 nitrogen and oxygen atoms in total. The van der Waals surface area contributed by atoms with Crippen LogP contribution in [-0.4, -0.2) is 26.3 Å². The number of hydrogen-bond acceptors (Lipinski definition) is 4. The van der Waals surface area contributed by atoms with E-state index in [-0.39, 0.29) is 0 Å². The average Bonchev–Trinajstić information content (AvgIpc) is 2.73. The fourth-order valence-corrected chi connectivity index (χ4v) is 3.36. The van der Waals surface area contributed by atoms with Gasteiger partial charge < -0.3 is 5.73 Å². The summed E-state index contributed by atoms with van der Waals surface area (Å²) in [6.07, 6.45) is 5.80. The molecule has 0 saturated heterocycles. The van der Waals surface area contributed by atoms with Gasteiger partial charge in [-0.3, -0.25) is 4.57 Å². The second-order valence-corrected chi connectivity index (χ2v) is 4.99. The van der Waals surface area contributed by atoms with Crippen molar-refractivity contribution < 1.29 is 0 Å². The van der Waals surface area contributed by atoms with Gasteiger partial charge in [-0.25, -0.2) is 5.10 Å². The number of thioether (sulfide) groups is 1. The van der Waals surface area contributed by atoms with Crippen LogP contribution >= 0.6 is 24.0 Å². The fourth-order valence-electron chi connectivity index (χ4n) is 2.11. The fraction of sp³-hybridized carbons (Fsp3) is 0.750. The van der Waals surface area contributed by atoms with E-state index in [1.54, 1.807) is 0 Å². The van der Waals surface area contributed by atoms with E-state index in [0.29, 0.717) is 22.0 Å². The number of nitrogens with two attached hydrogens (primary N) is 1. The molecule has 6 heteroatoms. The highest BCUT2D eigenvalue weighted by Gasteiger charge is 2.29. The Morgan fingerprint density at radius 1 is 1.64 bits per heavy atom. The van der Waals surface area contributed by atoms with E-state index in [1.165, 1.54) is 12.8 Å². The average molecular weight is 230 g/mol. The molecule has 2 unspecified atom stereocenters. The summed E-state index contributed by atoms with van der Waals surface area (Å²) in [6, 6.07) is 0.427. The molecule has 2 rings (SSSR count). The maximum Gasteiger partial charge on any atom is 0.220 e. The number of aromatic amines is 1. The van der Waals surface area contributed by atoms with Crippen LogP contribution in [0.3, 0.4) is 0 Å². The Kier molecular flexibility index (Phi) is 2.83. The second kappa shape index (κ2) is 3.94. The monoisotopic (exact) mass is 230 g/mol. The molecule has 1 aliphatic rings. The molecule has 0 aromatic carbocycles. The third kappa shape index (κ3) is 1.56. The maximum atomic E-state index is 5.78. The molecule has 3 N–H and O–H groups in total. The van der Waals surface area contributed by atoms with Gasteiger partial charge in [0.2, 0.25) is 5.95 Å². The van der Waals surface area contributed by atoms with Crippen molar-refractivity contribution >= 4 is 29.9 Å². The lowest BCUT2D eigenvalue weighted by atomic mass is 10.2. The minimum Gasteiger partial charge on any atom is -0.368 e. The number of nitrogens with zero attached hydrogens (tertiary/aromatic N) is 2. The van der Waals surface area contributed by atoms with Crippen LogP contribution < -0.4 is 5.73 Å². The van der Waals surface area contributed by atoms with Crippen molar-refractivity contribution in [1.82, 2.24) is 14.8 Å². The van der Waals surface area contributed by atoms with E-state index < -0.39 is 0 Å². The lowest BCUT2D eigenvalue weighted by molar-refractivity contribution is 0.528. The summed E-state index contributed by atoms with van der Waals surface area (Å²) in [6.45, 7) is 0. The predicted molar refractivity (Wildman–Crippen MR) is 62.0 cm³/mol. The Labute approximate surface area is 92.3 Å². The molecule has 1 fully saturated rings. The van der Waals surface area contributed by atoms with Crippen molar-refractivity contribution in [2.75, 3.05) is 12.0 Å². The van der Waals surface area contributed by atoms with Crippen LogP contribution in [0.1, 0.15) is 25.3 Å². The van der Waals surface area contributed by atoms with Crippen molar-refractivity contribution in [3.05, 3.63) is 4.77 Å². The molecule has 0 amide bonds. The van der Waals surface area contributed by atoms with E-state index >= 15 is 0 Å². The van der Waals surface area contributed by atoms with Crippen molar-refractivity contribution in [1.29, 1.82) is 0 Å². The molecule has 0 bridgehead atoms. The molecule has 0 radical (unpaired) electrons. The van der Waals surface area contributed by atoms with E-state index in [1.807, 2.05) is 16.3 Å². The Morgan fingerprint density at radius 3 is 3.00 bits per heavy atom. The first-order valence-corrected chi connectivity index (χ1v) is 6.39. The first-order chi connectivity index (χ1) is 6.74. The van der Waals surface area contributed by atoms with Gasteiger partial charge in [0.25, 0.3) is 0 Å². The van der Waals surface area contributed by atoms with E-state index in [4.69, 9.17) is 18.0 Å². The number of aromatic nitrogens is 3. The zero-order chi connectivity index (χ0) is 10.1.